The van der Waals surface area contributed by atoms with E-state index >= 15 is 0 Å². The predicted octanol–water partition coefficient (Wildman–Crippen LogP) is 4.11. The van der Waals surface area contributed by atoms with Gasteiger partial charge in [0, 0.05) is 23.9 Å². The van der Waals surface area contributed by atoms with Gasteiger partial charge in [-0.15, -0.1) is 0 Å². The van der Waals surface area contributed by atoms with E-state index in [0.717, 1.165) is 5.57 Å². The summed E-state index contributed by atoms with van der Waals surface area (Å²) in [6.45, 7) is 7.69. The lowest BCUT2D eigenvalue weighted by Gasteiger charge is -2.19. The number of pyridine rings is 1. The Balaban J connectivity index is 1.72. The maximum atomic E-state index is 13.8. The topological polar surface area (TPSA) is 89.2 Å². The number of hydrogen-bond acceptors (Lipinski definition) is 4. The Morgan fingerprint density at radius 3 is 2.72 bits per heavy atom. The normalized spacial score (nSPS) is 16.3. The molecule has 0 saturated heterocycles. The van der Waals surface area contributed by atoms with E-state index in [1.807, 2.05) is 26.8 Å². The van der Waals surface area contributed by atoms with Gasteiger partial charge in [-0.2, -0.15) is 5.10 Å². The molecule has 3 aromatic rings. The van der Waals surface area contributed by atoms with Crippen LogP contribution < -0.4 is 5.32 Å². The van der Waals surface area contributed by atoms with Crippen LogP contribution in [0.4, 0.5) is 4.39 Å². The fourth-order valence-electron chi connectivity index (χ4n) is 3.83. The third-order valence-electron chi connectivity index (χ3n) is 5.46. The largest absolute Gasteiger partial charge is 0.351 e. The Bertz CT molecular complexity index is 1290. The maximum absolute atomic E-state index is 13.8. The molecule has 1 N–H and O–H groups in total. The average molecular weight is 433 g/mol. The van der Waals surface area contributed by atoms with Crippen molar-refractivity contribution >= 4 is 28.6 Å². The van der Waals surface area contributed by atoms with Crippen molar-refractivity contribution < 1.29 is 14.0 Å². The van der Waals surface area contributed by atoms with Gasteiger partial charge in [0.2, 0.25) is 0 Å². The smallest absolute Gasteiger partial charge is 0.254 e. The van der Waals surface area contributed by atoms with E-state index < -0.39 is 5.92 Å². The van der Waals surface area contributed by atoms with Crippen LogP contribution in [0.5, 0.6) is 0 Å². The van der Waals surface area contributed by atoms with Crippen LogP contribution in [0.15, 0.2) is 53.2 Å². The van der Waals surface area contributed by atoms with Crippen LogP contribution in [0.2, 0.25) is 0 Å². The first-order valence-corrected chi connectivity index (χ1v) is 10.4. The molecule has 0 saturated carbocycles. The number of fused-ring (bicyclic) bond motifs is 1. The summed E-state index contributed by atoms with van der Waals surface area (Å²) < 4.78 is 15.6. The van der Waals surface area contributed by atoms with Gasteiger partial charge in [-0.1, -0.05) is 17.7 Å². The van der Waals surface area contributed by atoms with Crippen molar-refractivity contribution in [3.63, 3.8) is 0 Å². The van der Waals surface area contributed by atoms with Crippen molar-refractivity contribution in [1.29, 1.82) is 0 Å². The Labute approximate surface area is 185 Å². The van der Waals surface area contributed by atoms with E-state index in [4.69, 9.17) is 0 Å². The molecule has 0 fully saturated rings. The Morgan fingerprint density at radius 2 is 2.03 bits per heavy atom. The number of rotatable bonds is 5. The molecule has 1 atom stereocenters. The predicted molar refractivity (Wildman–Crippen MR) is 121 cm³/mol. The van der Waals surface area contributed by atoms with Gasteiger partial charge < -0.3 is 5.32 Å². The summed E-state index contributed by atoms with van der Waals surface area (Å²) >= 11 is 0. The molecule has 2 amide bonds. The standard InChI is InChI=1S/C24H24FN5O2/c1-13(2)30-22-20(12-27-30)18(10-21(29-22)16-6-5-7-17(25)9-16)23(31)26-11-19-14(3)8-15(4)28-24(19)32/h5-10,12-13,19H,11H2,1-4H3,(H,26,31). The Hall–Kier alpha value is -3.68. The number of nitrogens with zero attached hydrogens (tertiary/aromatic N) is 4. The highest BCUT2D eigenvalue weighted by molar-refractivity contribution is 6.08. The molecule has 164 valence electrons. The van der Waals surface area contributed by atoms with Crippen LogP contribution in [0.25, 0.3) is 22.3 Å². The maximum Gasteiger partial charge on any atom is 0.254 e. The summed E-state index contributed by atoms with van der Waals surface area (Å²) in [4.78, 5) is 34.1. The summed E-state index contributed by atoms with van der Waals surface area (Å²) in [6, 6.07) is 7.72. The van der Waals surface area contributed by atoms with Gasteiger partial charge in [-0.05, 0) is 52.0 Å². The van der Waals surface area contributed by atoms with Crippen molar-refractivity contribution in [3.8, 4) is 11.3 Å². The highest BCUT2D eigenvalue weighted by Gasteiger charge is 2.25. The SMILES string of the molecule is CC1=CC(C)=NC(=O)C1CNC(=O)c1cc(-c2cccc(F)c2)nc2c1cnn2C(C)C. The molecule has 7 nitrogen and oxygen atoms in total. The minimum Gasteiger partial charge on any atom is -0.351 e. The fourth-order valence-corrected chi connectivity index (χ4v) is 3.83. The molecular formula is C24H24FN5O2. The first kappa shape index (κ1) is 21.5. The fraction of sp³-hybridized carbons (Fsp3) is 0.292. The molecule has 4 rings (SSSR count). The highest BCUT2D eigenvalue weighted by atomic mass is 19.1. The molecule has 1 aromatic carbocycles. The summed E-state index contributed by atoms with van der Waals surface area (Å²) in [5, 5.41) is 7.84. The third kappa shape index (κ3) is 4.08. The number of allylic oxidation sites excluding steroid dienone is 1. The van der Waals surface area contributed by atoms with Gasteiger partial charge in [0.05, 0.1) is 28.8 Å². The van der Waals surface area contributed by atoms with E-state index in [2.05, 4.69) is 20.4 Å². The van der Waals surface area contributed by atoms with Crippen LogP contribution in [0.3, 0.4) is 0 Å². The van der Waals surface area contributed by atoms with Crippen LogP contribution in [0, 0.1) is 11.7 Å². The molecule has 1 aliphatic heterocycles. The first-order valence-electron chi connectivity index (χ1n) is 10.4. The van der Waals surface area contributed by atoms with Crippen molar-refractivity contribution in [3.05, 3.63) is 59.6 Å². The number of halogens is 1. The zero-order valence-electron chi connectivity index (χ0n) is 18.4. The van der Waals surface area contributed by atoms with Crippen LogP contribution in [-0.4, -0.2) is 38.8 Å². The van der Waals surface area contributed by atoms with E-state index in [1.54, 1.807) is 36.0 Å². The monoisotopic (exact) mass is 433 g/mol. The van der Waals surface area contributed by atoms with Crippen molar-refractivity contribution in [1.82, 2.24) is 20.1 Å². The van der Waals surface area contributed by atoms with E-state index in [0.29, 0.717) is 33.6 Å². The number of amides is 2. The number of carbonyl (C=O) groups excluding carboxylic acids is 2. The third-order valence-corrected chi connectivity index (χ3v) is 5.46. The number of aliphatic imine (C=N–C) groups is 1. The second-order valence-electron chi connectivity index (χ2n) is 8.23. The first-order chi connectivity index (χ1) is 15.2. The van der Waals surface area contributed by atoms with Crippen molar-refractivity contribution in [2.75, 3.05) is 6.54 Å². The summed E-state index contributed by atoms with van der Waals surface area (Å²) in [6.07, 6.45) is 3.45. The number of carbonyl (C=O) groups is 2. The van der Waals surface area contributed by atoms with Gasteiger partial charge in [-0.25, -0.2) is 19.0 Å². The molecule has 1 aliphatic rings. The lowest BCUT2D eigenvalue weighted by molar-refractivity contribution is -0.120. The molecule has 32 heavy (non-hydrogen) atoms. The van der Waals surface area contributed by atoms with E-state index in [-0.39, 0.29) is 30.2 Å². The van der Waals surface area contributed by atoms with Crippen LogP contribution in [0.1, 0.15) is 44.1 Å². The second-order valence-corrected chi connectivity index (χ2v) is 8.23. The lowest BCUT2D eigenvalue weighted by atomic mass is 9.95. The molecule has 0 bridgehead atoms. The highest BCUT2D eigenvalue weighted by Crippen LogP contribution is 2.27. The van der Waals surface area contributed by atoms with E-state index in [1.165, 1.54) is 12.1 Å². The van der Waals surface area contributed by atoms with Crippen LogP contribution in [-0.2, 0) is 4.79 Å². The number of benzene rings is 1. The minimum absolute atomic E-state index is 0.0208. The van der Waals surface area contributed by atoms with Crippen molar-refractivity contribution in [2.24, 2.45) is 10.9 Å². The Kier molecular flexibility index (Phi) is 5.69. The van der Waals surface area contributed by atoms with Gasteiger partial charge in [0.1, 0.15) is 5.82 Å². The molecule has 0 spiro atoms. The molecule has 0 radical (unpaired) electrons. The molecule has 8 heteroatoms. The van der Waals surface area contributed by atoms with E-state index in [9.17, 15) is 14.0 Å². The van der Waals surface area contributed by atoms with Gasteiger partial charge in [-0.3, -0.25) is 9.59 Å². The van der Waals surface area contributed by atoms with Crippen LogP contribution >= 0.6 is 0 Å². The molecular weight excluding hydrogens is 409 g/mol. The zero-order chi connectivity index (χ0) is 23.0. The quantitative estimate of drug-likeness (QED) is 0.656. The summed E-state index contributed by atoms with van der Waals surface area (Å²) in [7, 11) is 0. The molecule has 0 aliphatic carbocycles. The number of aromatic nitrogens is 3. The molecule has 3 heterocycles. The zero-order valence-corrected chi connectivity index (χ0v) is 18.4. The van der Waals surface area contributed by atoms with Gasteiger partial charge >= 0.3 is 0 Å². The number of dihydropyridines is 1. The average Bonchev–Trinajstić information content (AvgIpc) is 3.16. The minimum atomic E-state index is -0.499. The Morgan fingerprint density at radius 1 is 1.25 bits per heavy atom. The van der Waals surface area contributed by atoms with Crippen molar-refractivity contribution in [2.45, 2.75) is 33.7 Å². The molecule has 2 aromatic heterocycles. The van der Waals surface area contributed by atoms with Gasteiger partial charge in [0.15, 0.2) is 5.65 Å². The number of hydrogen-bond donors (Lipinski definition) is 1. The summed E-state index contributed by atoms with van der Waals surface area (Å²) in [5.41, 5.74) is 3.45. The lowest BCUT2D eigenvalue weighted by Crippen LogP contribution is -2.34. The second kappa shape index (κ2) is 8.45. The number of nitrogens with one attached hydrogen (secondary N) is 1. The summed E-state index contributed by atoms with van der Waals surface area (Å²) in [5.74, 6) is -1.51. The van der Waals surface area contributed by atoms with Gasteiger partial charge in [0.25, 0.3) is 11.8 Å². The molecule has 1 unspecified atom stereocenters.